The topological polar surface area (TPSA) is 163 Å². The molecule has 3 aromatic carbocycles. The van der Waals surface area contributed by atoms with Crippen LogP contribution in [0, 0.1) is 5.92 Å². The van der Waals surface area contributed by atoms with Crippen molar-refractivity contribution in [1.82, 2.24) is 19.2 Å². The van der Waals surface area contributed by atoms with E-state index in [1.165, 1.54) is 35.5 Å². The number of sulfonamides is 1. The van der Waals surface area contributed by atoms with Gasteiger partial charge in [-0.05, 0) is 54.6 Å². The number of aliphatic hydroxyl groups excluding tert-OH is 1. The number of carbonyl (C=O) groups excluding carboxylic acids is 2. The average Bonchev–Trinajstić information content (AvgIpc) is 3.08. The van der Waals surface area contributed by atoms with Crippen LogP contribution in [0.1, 0.15) is 17.3 Å². The van der Waals surface area contributed by atoms with E-state index in [9.17, 15) is 23.1 Å². The van der Waals surface area contributed by atoms with Crippen LogP contribution in [0.3, 0.4) is 0 Å². The van der Waals surface area contributed by atoms with Gasteiger partial charge in [-0.3, -0.25) is 4.79 Å². The van der Waals surface area contributed by atoms with Crippen molar-refractivity contribution in [2.24, 2.45) is 5.92 Å². The molecule has 47 heavy (non-hydrogen) atoms. The molecule has 4 aromatic rings. The first kappa shape index (κ1) is 33.3. The lowest BCUT2D eigenvalue weighted by Crippen LogP contribution is -2.48. The van der Waals surface area contributed by atoms with E-state index >= 15 is 0 Å². The number of hydrogen-bond donors (Lipinski definition) is 3. The molecule has 1 aromatic heterocycles. The molecule has 5 rings (SSSR count). The van der Waals surface area contributed by atoms with Crippen molar-refractivity contribution < 1.29 is 32.6 Å². The Hall–Kier alpha value is -5.05. The van der Waals surface area contributed by atoms with Crippen LogP contribution in [0.5, 0.6) is 11.5 Å². The summed E-state index contributed by atoms with van der Waals surface area (Å²) in [5.41, 5.74) is 1.56. The number of β-amino-alcohol motifs (C(OH)–C–C–N with tert-alkyl or cyclic N) is 1. The van der Waals surface area contributed by atoms with Crippen molar-refractivity contribution in [3.63, 3.8) is 0 Å². The second-order valence-electron chi connectivity index (χ2n) is 11.0. The van der Waals surface area contributed by atoms with Crippen molar-refractivity contribution in [2.45, 2.75) is 17.9 Å². The van der Waals surface area contributed by atoms with Crippen LogP contribution in [0.25, 0.3) is 11.4 Å². The summed E-state index contributed by atoms with van der Waals surface area (Å²) in [6.07, 6.45) is 2.51. The van der Waals surface area contributed by atoms with Gasteiger partial charge in [-0.1, -0.05) is 25.1 Å². The predicted molar refractivity (Wildman–Crippen MR) is 176 cm³/mol. The molecule has 0 saturated heterocycles. The maximum atomic E-state index is 13.6. The Morgan fingerprint density at radius 1 is 1.06 bits per heavy atom. The molecule has 0 aliphatic carbocycles. The Kier molecular flexibility index (Phi) is 10.3. The molecule has 0 radical (unpaired) electrons. The number of urea groups is 1. The van der Waals surface area contributed by atoms with Crippen molar-refractivity contribution in [3.8, 4) is 22.9 Å². The number of methoxy groups -OCH3 is 1. The van der Waals surface area contributed by atoms with Gasteiger partial charge < -0.3 is 30.1 Å². The van der Waals surface area contributed by atoms with Gasteiger partial charge in [0, 0.05) is 49.7 Å². The summed E-state index contributed by atoms with van der Waals surface area (Å²) in [6, 6.07) is 19.0. The summed E-state index contributed by atoms with van der Waals surface area (Å²) in [4.78, 5) is 36.9. The minimum Gasteiger partial charge on any atom is -0.497 e. The average molecular weight is 661 g/mol. The summed E-state index contributed by atoms with van der Waals surface area (Å²) in [6.45, 7) is 1.78. The highest BCUT2D eigenvalue weighted by atomic mass is 32.2. The second kappa shape index (κ2) is 14.6. The van der Waals surface area contributed by atoms with Gasteiger partial charge in [-0.25, -0.2) is 23.2 Å². The monoisotopic (exact) mass is 660 g/mol. The molecule has 3 amide bonds. The molecular formula is C33H36N6O7S. The normalized spacial score (nSPS) is 16.4. The van der Waals surface area contributed by atoms with Crippen LogP contribution in [0.15, 0.2) is 90.1 Å². The lowest BCUT2D eigenvalue weighted by molar-refractivity contribution is 0.0512. The Morgan fingerprint density at radius 3 is 2.49 bits per heavy atom. The van der Waals surface area contributed by atoms with Gasteiger partial charge in [0.15, 0.2) is 11.6 Å². The van der Waals surface area contributed by atoms with Crippen LogP contribution in [-0.2, 0) is 10.0 Å². The number of amides is 3. The molecule has 14 heteroatoms. The summed E-state index contributed by atoms with van der Waals surface area (Å²) < 4.78 is 39.8. The van der Waals surface area contributed by atoms with Crippen LogP contribution in [-0.4, -0.2) is 91.1 Å². The standard InChI is InChI=1S/C33H36N6O7S/c1-22-20-39(17-18-40)32(41)27-9-5-10-28(37-33(42)36-24-8-4-7-23(19-24)31-34-15-6-16-35-31)30(27)46-29(22)21-38(2)47(43,44)26-13-11-25(45-3)12-14-26/h4-16,19,22,29,40H,17-18,20-21H2,1-3H3,(H2,36,37,42)/t22?,29-/m0/s1. The highest BCUT2D eigenvalue weighted by Gasteiger charge is 2.35. The molecule has 0 saturated carbocycles. The zero-order valence-corrected chi connectivity index (χ0v) is 27.0. The number of rotatable bonds is 10. The predicted octanol–water partition coefficient (Wildman–Crippen LogP) is 3.95. The molecule has 1 aliphatic heterocycles. The Balaban J connectivity index is 1.42. The fraction of sp³-hybridized carbons (Fsp3) is 0.273. The number of anilines is 2. The lowest BCUT2D eigenvalue weighted by Gasteiger charge is -2.36. The number of para-hydroxylation sites is 1. The summed E-state index contributed by atoms with van der Waals surface area (Å²) in [5, 5.41) is 15.3. The van der Waals surface area contributed by atoms with Crippen LogP contribution < -0.4 is 20.1 Å². The molecule has 1 unspecified atom stereocenters. The zero-order valence-electron chi connectivity index (χ0n) is 26.2. The Morgan fingerprint density at radius 2 is 1.79 bits per heavy atom. The molecule has 0 bridgehead atoms. The van der Waals surface area contributed by atoms with Gasteiger partial charge >= 0.3 is 6.03 Å². The third-order valence-electron chi connectivity index (χ3n) is 7.71. The number of hydrogen-bond acceptors (Lipinski definition) is 9. The largest absolute Gasteiger partial charge is 0.497 e. The van der Waals surface area contributed by atoms with Crippen LogP contribution >= 0.6 is 0 Å². The number of nitrogens with one attached hydrogen (secondary N) is 2. The van der Waals surface area contributed by atoms with E-state index in [-0.39, 0.29) is 54.1 Å². The number of likely N-dealkylation sites (N-methyl/N-ethyl adjacent to an activating group) is 1. The first-order valence-electron chi connectivity index (χ1n) is 14.9. The molecule has 3 N–H and O–H groups in total. The first-order chi connectivity index (χ1) is 22.6. The molecule has 2 heterocycles. The number of fused-ring (bicyclic) bond motifs is 1. The zero-order chi connectivity index (χ0) is 33.6. The van der Waals surface area contributed by atoms with Gasteiger partial charge in [0.1, 0.15) is 11.9 Å². The summed E-state index contributed by atoms with van der Waals surface area (Å²) in [5.74, 6) is 0.360. The number of benzene rings is 3. The highest BCUT2D eigenvalue weighted by molar-refractivity contribution is 7.89. The van der Waals surface area contributed by atoms with E-state index < -0.39 is 28.1 Å². The number of aromatic nitrogens is 2. The molecule has 246 valence electrons. The smallest absolute Gasteiger partial charge is 0.323 e. The van der Waals surface area contributed by atoms with E-state index in [0.29, 0.717) is 22.8 Å². The van der Waals surface area contributed by atoms with Gasteiger partial charge in [0.05, 0.1) is 36.4 Å². The fourth-order valence-electron chi connectivity index (χ4n) is 5.20. The van der Waals surface area contributed by atoms with E-state index in [4.69, 9.17) is 9.47 Å². The third-order valence-corrected chi connectivity index (χ3v) is 9.55. The minimum absolute atomic E-state index is 0.0644. The first-order valence-corrected chi connectivity index (χ1v) is 16.3. The third kappa shape index (κ3) is 7.68. The van der Waals surface area contributed by atoms with Crippen LogP contribution in [0.4, 0.5) is 16.2 Å². The maximum Gasteiger partial charge on any atom is 0.323 e. The van der Waals surface area contributed by atoms with E-state index in [0.717, 1.165) is 0 Å². The van der Waals surface area contributed by atoms with Crippen molar-refractivity contribution in [1.29, 1.82) is 0 Å². The van der Waals surface area contributed by atoms with E-state index in [2.05, 4.69) is 20.6 Å². The quantitative estimate of drug-likeness (QED) is 0.229. The maximum absolute atomic E-state index is 13.6. The van der Waals surface area contributed by atoms with Gasteiger partial charge in [0.25, 0.3) is 5.91 Å². The van der Waals surface area contributed by atoms with Gasteiger partial charge in [-0.15, -0.1) is 0 Å². The lowest BCUT2D eigenvalue weighted by atomic mass is 10.0. The highest BCUT2D eigenvalue weighted by Crippen LogP contribution is 2.35. The second-order valence-corrected chi connectivity index (χ2v) is 13.0. The van der Waals surface area contributed by atoms with Gasteiger partial charge in [0.2, 0.25) is 10.0 Å². The molecule has 0 spiro atoms. The SMILES string of the molecule is COc1ccc(S(=O)(=O)N(C)C[C@@H]2Oc3c(NC(=O)Nc4cccc(-c5ncccn5)c4)cccc3C(=O)N(CCO)CC2C)cc1. The van der Waals surface area contributed by atoms with Crippen LogP contribution in [0.2, 0.25) is 0 Å². The van der Waals surface area contributed by atoms with Crippen molar-refractivity contribution in [2.75, 3.05) is 51.0 Å². The number of nitrogens with zero attached hydrogens (tertiary/aromatic N) is 4. The van der Waals surface area contributed by atoms with Crippen molar-refractivity contribution >= 4 is 33.3 Å². The Labute approximate surface area is 273 Å². The summed E-state index contributed by atoms with van der Waals surface area (Å²) in [7, 11) is -0.965. The Bertz CT molecular complexity index is 1820. The molecule has 13 nitrogen and oxygen atoms in total. The minimum atomic E-state index is -3.92. The fourth-order valence-corrected chi connectivity index (χ4v) is 6.38. The molecular weight excluding hydrogens is 624 g/mol. The molecule has 1 aliphatic rings. The summed E-state index contributed by atoms with van der Waals surface area (Å²) >= 11 is 0. The van der Waals surface area contributed by atoms with Gasteiger partial charge in [-0.2, -0.15) is 4.31 Å². The van der Waals surface area contributed by atoms with E-state index in [1.807, 2.05) is 13.0 Å². The molecule has 0 fully saturated rings. The number of aliphatic hydroxyl groups is 1. The number of ether oxygens (including phenoxy) is 2. The van der Waals surface area contributed by atoms with Crippen molar-refractivity contribution in [3.05, 3.63) is 90.8 Å². The molecule has 2 atom stereocenters. The van der Waals surface area contributed by atoms with E-state index in [1.54, 1.807) is 67.0 Å². The number of carbonyl (C=O) groups is 2.